The van der Waals surface area contributed by atoms with Gasteiger partial charge in [0.25, 0.3) is 0 Å². The van der Waals surface area contributed by atoms with Crippen molar-refractivity contribution in [2.75, 3.05) is 9.71 Å². The van der Waals surface area contributed by atoms with Gasteiger partial charge in [0, 0.05) is 61.3 Å². The molecule has 0 amide bonds. The van der Waals surface area contributed by atoms with E-state index >= 15 is 0 Å². The van der Waals surface area contributed by atoms with Crippen LogP contribution in [0.25, 0.3) is 60.9 Å². The highest BCUT2D eigenvalue weighted by atomic mass is 15.1. The molecule has 3 nitrogen and oxygen atoms in total. The standard InChI is InChI=1S/C76H76BN3/c1-71(2,3)45-25-32-49(33-26-45)78(50-34-27-46(28-35-50)72(4,5)6)52-38-39-55-63(42-52)79-62-40-31-48(74(10,11)12)41-61(62)77-69-66(65-54-22-18-20-24-59(54)76(15,16)68(65)67(55)70(69)79)57-43-56-53-21-17-19-23-58(53)75(13,14)60(56)44-64(57)80(77)51-36-29-47(30-37-51)73(7,8)9/h17-44H,1-16H3. The van der Waals surface area contributed by atoms with E-state index in [1.165, 1.54) is 128 Å². The van der Waals surface area contributed by atoms with Crippen molar-refractivity contribution >= 4 is 68.0 Å². The molecule has 10 aromatic rings. The lowest BCUT2D eigenvalue weighted by molar-refractivity contribution is 0.590. The average Bonchev–Trinajstić information content (AvgIpc) is 3.19. The molecular weight excluding hydrogens is 966 g/mol. The minimum Gasteiger partial charge on any atom is -0.376 e. The van der Waals surface area contributed by atoms with Gasteiger partial charge in [-0.3, -0.25) is 0 Å². The molecule has 398 valence electrons. The number of benzene rings is 9. The highest BCUT2D eigenvalue weighted by Gasteiger charge is 2.51. The summed E-state index contributed by atoms with van der Waals surface area (Å²) in [4.78, 5) is 5.25. The molecule has 14 rings (SSSR count). The number of nitrogens with zero attached hydrogens (tertiary/aromatic N) is 3. The first-order chi connectivity index (χ1) is 37.7. The molecule has 4 aliphatic rings. The van der Waals surface area contributed by atoms with Gasteiger partial charge in [-0.25, -0.2) is 0 Å². The molecule has 0 unspecified atom stereocenters. The lowest BCUT2D eigenvalue weighted by atomic mass is 9.43. The summed E-state index contributed by atoms with van der Waals surface area (Å²) >= 11 is 0. The van der Waals surface area contributed by atoms with Crippen LogP contribution in [0.3, 0.4) is 0 Å². The Bertz CT molecular complexity index is 4190. The molecule has 4 heteroatoms. The maximum absolute atomic E-state index is 2.77. The average molecular weight is 1040 g/mol. The van der Waals surface area contributed by atoms with E-state index in [2.05, 4.69) is 295 Å². The number of aromatic nitrogens is 1. The van der Waals surface area contributed by atoms with Crippen molar-refractivity contribution in [2.45, 2.75) is 143 Å². The maximum atomic E-state index is 2.77. The summed E-state index contributed by atoms with van der Waals surface area (Å²) in [7, 11) is 0. The third kappa shape index (κ3) is 7.12. The Kier molecular flexibility index (Phi) is 10.5. The van der Waals surface area contributed by atoms with Crippen LogP contribution in [-0.2, 0) is 32.5 Å². The van der Waals surface area contributed by atoms with Crippen LogP contribution in [0.2, 0.25) is 0 Å². The van der Waals surface area contributed by atoms with Crippen LogP contribution in [0.4, 0.5) is 28.4 Å². The monoisotopic (exact) mass is 1040 g/mol. The van der Waals surface area contributed by atoms with Gasteiger partial charge in [0.2, 0.25) is 0 Å². The first-order valence-electron chi connectivity index (χ1n) is 29.4. The van der Waals surface area contributed by atoms with Gasteiger partial charge in [-0.15, -0.1) is 0 Å². The lowest BCUT2D eigenvalue weighted by Gasteiger charge is -2.44. The lowest BCUT2D eigenvalue weighted by Crippen LogP contribution is -2.61. The molecule has 0 N–H and O–H groups in total. The summed E-state index contributed by atoms with van der Waals surface area (Å²) in [6.45, 7) is 37.6. The van der Waals surface area contributed by atoms with Crippen molar-refractivity contribution in [3.63, 3.8) is 0 Å². The third-order valence-corrected chi connectivity index (χ3v) is 19.2. The van der Waals surface area contributed by atoms with Crippen LogP contribution >= 0.6 is 0 Å². The first kappa shape index (κ1) is 50.6. The van der Waals surface area contributed by atoms with Crippen LogP contribution in [0.15, 0.2) is 170 Å². The van der Waals surface area contributed by atoms with Crippen LogP contribution in [0.5, 0.6) is 0 Å². The minimum atomic E-state index is -0.300. The Morgan fingerprint density at radius 3 is 1.50 bits per heavy atom. The van der Waals surface area contributed by atoms with Crippen molar-refractivity contribution < 1.29 is 0 Å². The molecule has 2 aliphatic carbocycles. The van der Waals surface area contributed by atoms with E-state index in [0.717, 1.165) is 17.1 Å². The third-order valence-electron chi connectivity index (χ3n) is 19.2. The number of fused-ring (bicyclic) bond motifs is 16. The van der Waals surface area contributed by atoms with E-state index in [0.29, 0.717) is 0 Å². The molecule has 1 aromatic heterocycles. The fraction of sp³-hybridized carbons (Fsp3) is 0.289. The minimum absolute atomic E-state index is 0.00858. The summed E-state index contributed by atoms with van der Waals surface area (Å²) in [6.07, 6.45) is 0. The van der Waals surface area contributed by atoms with Gasteiger partial charge in [-0.05, 0) is 172 Å². The second-order valence-corrected chi connectivity index (χ2v) is 29.1. The molecule has 80 heavy (non-hydrogen) atoms. The van der Waals surface area contributed by atoms with Gasteiger partial charge in [-0.2, -0.15) is 0 Å². The molecule has 0 fully saturated rings. The quantitative estimate of drug-likeness (QED) is 0.163. The Labute approximate surface area is 476 Å². The molecule has 3 heterocycles. The van der Waals surface area contributed by atoms with E-state index in [1.54, 1.807) is 0 Å². The van der Waals surface area contributed by atoms with Crippen molar-refractivity contribution in [2.24, 2.45) is 0 Å². The van der Waals surface area contributed by atoms with E-state index in [4.69, 9.17) is 0 Å². The van der Waals surface area contributed by atoms with E-state index in [-0.39, 0.29) is 39.3 Å². The van der Waals surface area contributed by atoms with Crippen LogP contribution < -0.4 is 20.6 Å². The molecule has 0 saturated carbocycles. The van der Waals surface area contributed by atoms with Crippen molar-refractivity contribution in [1.82, 2.24) is 4.57 Å². The molecule has 0 radical (unpaired) electrons. The van der Waals surface area contributed by atoms with Gasteiger partial charge in [0.1, 0.15) is 0 Å². The molecular formula is C76H76BN3. The van der Waals surface area contributed by atoms with E-state index < -0.39 is 0 Å². The fourth-order valence-corrected chi connectivity index (χ4v) is 14.7. The van der Waals surface area contributed by atoms with E-state index in [9.17, 15) is 0 Å². The van der Waals surface area contributed by atoms with Gasteiger partial charge < -0.3 is 14.3 Å². The Morgan fingerprint density at radius 2 is 0.925 bits per heavy atom. The highest BCUT2D eigenvalue weighted by Crippen LogP contribution is 2.61. The van der Waals surface area contributed by atoms with Crippen molar-refractivity contribution in [3.8, 4) is 39.1 Å². The Balaban J connectivity index is 1.15. The SMILES string of the molecule is CC(C)(C)c1ccc(N2B3c4cc(C(C)(C)C)ccc4-n4c5cc(N(c6ccc(C(C)(C)C)cc6)c6ccc(C(C)(C)C)cc6)ccc5c5c6c(c(c3c54)-c3cc4c(cc32)C(C)(C)c2ccccc2-4)-c2ccccc2C6(C)C)cc1. The molecule has 0 atom stereocenters. The maximum Gasteiger partial charge on any atom is 0.333 e. The van der Waals surface area contributed by atoms with Crippen LogP contribution in [0.1, 0.15) is 155 Å². The van der Waals surface area contributed by atoms with Gasteiger partial charge in [0.05, 0.1) is 11.0 Å². The zero-order valence-corrected chi connectivity index (χ0v) is 50.1. The second-order valence-electron chi connectivity index (χ2n) is 29.1. The van der Waals surface area contributed by atoms with Crippen LogP contribution in [-0.4, -0.2) is 11.4 Å². The Morgan fingerprint density at radius 1 is 0.412 bits per heavy atom. The normalized spacial score (nSPS) is 15.4. The largest absolute Gasteiger partial charge is 0.376 e. The smallest absolute Gasteiger partial charge is 0.333 e. The Hall–Kier alpha value is -7.56. The van der Waals surface area contributed by atoms with Gasteiger partial charge in [0.15, 0.2) is 0 Å². The molecule has 2 aliphatic heterocycles. The summed E-state index contributed by atoms with van der Waals surface area (Å²) in [5, 5.41) is 2.66. The van der Waals surface area contributed by atoms with Crippen molar-refractivity contribution in [3.05, 3.63) is 214 Å². The van der Waals surface area contributed by atoms with Crippen molar-refractivity contribution in [1.29, 1.82) is 0 Å². The zero-order chi connectivity index (χ0) is 56.1. The molecule has 9 aromatic carbocycles. The summed E-state index contributed by atoms with van der Waals surface area (Å²) < 4.78 is 2.71. The predicted molar refractivity (Wildman–Crippen MR) is 344 cm³/mol. The van der Waals surface area contributed by atoms with Gasteiger partial charge >= 0.3 is 6.85 Å². The number of rotatable bonds is 4. The predicted octanol–water partition coefficient (Wildman–Crippen LogP) is 19.3. The number of anilines is 5. The van der Waals surface area contributed by atoms with Crippen LogP contribution in [0, 0.1) is 0 Å². The summed E-state index contributed by atoms with van der Waals surface area (Å²) in [5.74, 6) is 0. The molecule has 0 bridgehead atoms. The van der Waals surface area contributed by atoms with Gasteiger partial charge in [-0.1, -0.05) is 214 Å². The number of hydrogen-bond acceptors (Lipinski definition) is 2. The highest BCUT2D eigenvalue weighted by molar-refractivity contribution is 6.94. The fourth-order valence-electron chi connectivity index (χ4n) is 14.7. The zero-order valence-electron chi connectivity index (χ0n) is 50.1. The first-order valence-corrected chi connectivity index (χ1v) is 29.4. The summed E-state index contributed by atoms with van der Waals surface area (Å²) in [6, 6.07) is 66.9. The number of hydrogen-bond donors (Lipinski definition) is 0. The molecule has 0 spiro atoms. The summed E-state index contributed by atoms with van der Waals surface area (Å²) in [5.41, 5.74) is 31.0. The van der Waals surface area contributed by atoms with E-state index in [1.807, 2.05) is 0 Å². The molecule has 0 saturated heterocycles. The topological polar surface area (TPSA) is 11.4 Å². The second kappa shape index (κ2) is 16.5.